The molecule has 0 atom stereocenters. The number of imidazole rings is 1. The van der Waals surface area contributed by atoms with Gasteiger partial charge < -0.3 is 14.4 Å². The predicted octanol–water partition coefficient (Wildman–Crippen LogP) is 1.62. The lowest BCUT2D eigenvalue weighted by atomic mass is 10.4. The van der Waals surface area contributed by atoms with Crippen LogP contribution in [0, 0.1) is 3.70 Å². The van der Waals surface area contributed by atoms with Gasteiger partial charge in [0.05, 0.1) is 12.7 Å². The molecule has 0 unspecified atom stereocenters. The van der Waals surface area contributed by atoms with Gasteiger partial charge in [0.1, 0.15) is 15.7 Å². The van der Waals surface area contributed by atoms with Gasteiger partial charge in [0.15, 0.2) is 0 Å². The number of aromatic nitrogens is 3. The minimum atomic E-state index is 0.622. The fourth-order valence-electron chi connectivity index (χ4n) is 1.05. The molecule has 14 heavy (non-hydrogen) atoms. The molecule has 0 aromatic carbocycles. The van der Waals surface area contributed by atoms with Crippen LogP contribution in [0.2, 0.25) is 0 Å². The highest BCUT2D eigenvalue weighted by atomic mass is 127. The maximum absolute atomic E-state index is 4.72. The van der Waals surface area contributed by atoms with E-state index in [0.717, 1.165) is 15.3 Å². The van der Waals surface area contributed by atoms with E-state index >= 15 is 0 Å². The zero-order valence-electron chi connectivity index (χ0n) is 7.57. The average Bonchev–Trinajstić information content (AvgIpc) is 2.77. The third kappa shape index (κ3) is 1.89. The standard InChI is InChI=1S/C8H9IN4O/c1-13-7(9)5-11-8(13)10-4-6-2-3-14-12-6/h2-3,5H,4H2,1H3,(H,10,11). The zero-order chi connectivity index (χ0) is 9.97. The molecule has 0 spiro atoms. The summed E-state index contributed by atoms with van der Waals surface area (Å²) in [4.78, 5) is 4.20. The molecular formula is C8H9IN4O. The Bertz CT molecular complexity index is 409. The summed E-state index contributed by atoms with van der Waals surface area (Å²) < 4.78 is 7.78. The number of nitrogens with one attached hydrogen (secondary N) is 1. The van der Waals surface area contributed by atoms with Gasteiger partial charge in [0, 0.05) is 13.1 Å². The maximum atomic E-state index is 4.72. The minimum Gasteiger partial charge on any atom is -0.364 e. The van der Waals surface area contributed by atoms with Gasteiger partial charge in [0.2, 0.25) is 5.95 Å². The largest absolute Gasteiger partial charge is 0.364 e. The summed E-state index contributed by atoms with van der Waals surface area (Å²) >= 11 is 2.22. The number of halogens is 1. The molecule has 6 heteroatoms. The summed E-state index contributed by atoms with van der Waals surface area (Å²) in [6.45, 7) is 0.622. The molecule has 0 bridgehead atoms. The van der Waals surface area contributed by atoms with Crippen LogP contribution in [-0.2, 0) is 13.6 Å². The number of hydrogen-bond donors (Lipinski definition) is 1. The fraction of sp³-hybridized carbons (Fsp3) is 0.250. The molecule has 0 saturated carbocycles. The average molecular weight is 304 g/mol. The van der Waals surface area contributed by atoms with Gasteiger partial charge in [0.25, 0.3) is 0 Å². The van der Waals surface area contributed by atoms with Crippen molar-refractivity contribution >= 4 is 28.5 Å². The summed E-state index contributed by atoms with van der Waals surface area (Å²) in [5.41, 5.74) is 0.864. The van der Waals surface area contributed by atoms with Crippen molar-refractivity contribution in [3.8, 4) is 0 Å². The Balaban J connectivity index is 2.02. The van der Waals surface area contributed by atoms with Gasteiger partial charge in [-0.1, -0.05) is 5.16 Å². The summed E-state index contributed by atoms with van der Waals surface area (Å²) in [6.07, 6.45) is 3.37. The van der Waals surface area contributed by atoms with Crippen LogP contribution in [0.5, 0.6) is 0 Å². The smallest absolute Gasteiger partial charge is 0.203 e. The fourth-order valence-corrected chi connectivity index (χ4v) is 1.42. The van der Waals surface area contributed by atoms with E-state index in [4.69, 9.17) is 4.52 Å². The molecule has 0 radical (unpaired) electrons. The van der Waals surface area contributed by atoms with E-state index < -0.39 is 0 Å². The highest BCUT2D eigenvalue weighted by molar-refractivity contribution is 14.1. The van der Waals surface area contributed by atoms with Crippen LogP contribution in [0.4, 0.5) is 5.95 Å². The third-order valence-corrected chi connectivity index (χ3v) is 2.85. The first kappa shape index (κ1) is 9.50. The second kappa shape index (κ2) is 3.99. The molecule has 2 rings (SSSR count). The normalized spacial score (nSPS) is 10.4. The molecule has 5 nitrogen and oxygen atoms in total. The molecule has 0 aliphatic heterocycles. The van der Waals surface area contributed by atoms with Crippen molar-refractivity contribution in [2.75, 3.05) is 5.32 Å². The van der Waals surface area contributed by atoms with Crippen LogP contribution < -0.4 is 5.32 Å². The Kier molecular flexibility index (Phi) is 2.71. The zero-order valence-corrected chi connectivity index (χ0v) is 9.72. The lowest BCUT2D eigenvalue weighted by molar-refractivity contribution is 0.412. The first-order valence-corrected chi connectivity index (χ1v) is 5.15. The Labute approximate surface area is 94.6 Å². The van der Waals surface area contributed by atoms with Crippen molar-refractivity contribution < 1.29 is 4.52 Å². The first-order chi connectivity index (χ1) is 6.77. The quantitative estimate of drug-likeness (QED) is 0.876. The summed E-state index contributed by atoms with van der Waals surface area (Å²) in [7, 11) is 1.96. The monoisotopic (exact) mass is 304 g/mol. The van der Waals surface area contributed by atoms with Gasteiger partial charge in [-0.25, -0.2) is 4.98 Å². The molecule has 0 aliphatic rings. The van der Waals surface area contributed by atoms with E-state index in [-0.39, 0.29) is 0 Å². The number of nitrogens with zero attached hydrogens (tertiary/aromatic N) is 3. The van der Waals surface area contributed by atoms with E-state index in [1.54, 1.807) is 6.26 Å². The Hall–Kier alpha value is -1.05. The van der Waals surface area contributed by atoms with Crippen LogP contribution in [0.15, 0.2) is 23.0 Å². The Morgan fingerprint density at radius 2 is 2.50 bits per heavy atom. The van der Waals surface area contributed by atoms with E-state index in [9.17, 15) is 0 Å². The van der Waals surface area contributed by atoms with Crippen LogP contribution >= 0.6 is 22.6 Å². The first-order valence-electron chi connectivity index (χ1n) is 4.07. The van der Waals surface area contributed by atoms with Crippen molar-refractivity contribution in [3.05, 3.63) is 27.9 Å². The molecule has 0 fully saturated rings. The SMILES string of the molecule is Cn1c(I)cnc1NCc1ccon1. The highest BCUT2D eigenvalue weighted by Gasteiger charge is 2.03. The molecule has 2 heterocycles. The summed E-state index contributed by atoms with van der Waals surface area (Å²) in [5, 5.41) is 6.95. The highest BCUT2D eigenvalue weighted by Crippen LogP contribution is 2.10. The summed E-state index contributed by atoms with van der Waals surface area (Å²) in [6, 6.07) is 1.82. The van der Waals surface area contributed by atoms with Crippen molar-refractivity contribution in [2.24, 2.45) is 7.05 Å². The second-order valence-electron chi connectivity index (χ2n) is 2.81. The van der Waals surface area contributed by atoms with E-state index in [1.165, 1.54) is 0 Å². The van der Waals surface area contributed by atoms with Crippen LogP contribution in [0.1, 0.15) is 5.69 Å². The maximum Gasteiger partial charge on any atom is 0.203 e. The van der Waals surface area contributed by atoms with Gasteiger partial charge in [-0.15, -0.1) is 0 Å². The molecule has 0 amide bonds. The molecule has 0 saturated heterocycles. The lowest BCUT2D eigenvalue weighted by Gasteiger charge is -2.03. The van der Waals surface area contributed by atoms with E-state index in [0.29, 0.717) is 6.54 Å². The van der Waals surface area contributed by atoms with E-state index in [2.05, 4.69) is 38.0 Å². The van der Waals surface area contributed by atoms with Crippen LogP contribution in [0.3, 0.4) is 0 Å². The number of rotatable bonds is 3. The van der Waals surface area contributed by atoms with Crippen molar-refractivity contribution in [1.29, 1.82) is 0 Å². The molecular weight excluding hydrogens is 295 g/mol. The van der Waals surface area contributed by atoms with Crippen LogP contribution in [0.25, 0.3) is 0 Å². The molecule has 1 N–H and O–H groups in total. The van der Waals surface area contributed by atoms with Crippen molar-refractivity contribution in [2.45, 2.75) is 6.54 Å². The topological polar surface area (TPSA) is 55.9 Å². The Morgan fingerprint density at radius 3 is 3.07 bits per heavy atom. The van der Waals surface area contributed by atoms with Crippen molar-refractivity contribution in [3.63, 3.8) is 0 Å². The summed E-state index contributed by atoms with van der Waals surface area (Å²) in [5.74, 6) is 0.831. The van der Waals surface area contributed by atoms with Crippen molar-refractivity contribution in [1.82, 2.24) is 14.7 Å². The van der Waals surface area contributed by atoms with E-state index in [1.807, 2.05) is 23.9 Å². The Morgan fingerprint density at radius 1 is 1.64 bits per heavy atom. The third-order valence-electron chi connectivity index (χ3n) is 1.85. The van der Waals surface area contributed by atoms with Gasteiger partial charge in [-0.2, -0.15) is 0 Å². The van der Waals surface area contributed by atoms with Gasteiger partial charge in [-0.05, 0) is 22.6 Å². The van der Waals surface area contributed by atoms with Gasteiger partial charge in [-0.3, -0.25) is 0 Å². The van der Waals surface area contributed by atoms with Crippen LogP contribution in [-0.4, -0.2) is 14.7 Å². The number of anilines is 1. The molecule has 2 aromatic rings. The van der Waals surface area contributed by atoms with Gasteiger partial charge >= 0.3 is 0 Å². The molecule has 2 aromatic heterocycles. The second-order valence-corrected chi connectivity index (χ2v) is 3.91. The molecule has 0 aliphatic carbocycles. The minimum absolute atomic E-state index is 0.622. The molecule has 74 valence electrons. The lowest BCUT2D eigenvalue weighted by Crippen LogP contribution is -2.05. The number of hydrogen-bond acceptors (Lipinski definition) is 4. The predicted molar refractivity (Wildman–Crippen MR) is 59.8 cm³/mol.